The number of ether oxygens (including phenoxy) is 1. The third-order valence-corrected chi connectivity index (χ3v) is 4.51. The molecule has 0 unspecified atom stereocenters. The second-order valence-electron chi connectivity index (χ2n) is 5.70. The van der Waals surface area contributed by atoms with E-state index in [9.17, 15) is 19.2 Å². The highest BCUT2D eigenvalue weighted by Gasteiger charge is 2.22. The van der Waals surface area contributed by atoms with E-state index in [1.807, 2.05) is 6.07 Å². The Morgan fingerprint density at radius 2 is 1.96 bits per heavy atom. The van der Waals surface area contributed by atoms with Gasteiger partial charge in [0.1, 0.15) is 21.8 Å². The van der Waals surface area contributed by atoms with Crippen molar-refractivity contribution < 1.29 is 18.7 Å². The number of amides is 1. The third kappa shape index (κ3) is 4.77. The van der Waals surface area contributed by atoms with Gasteiger partial charge in [0.2, 0.25) is 5.91 Å². The summed E-state index contributed by atoms with van der Waals surface area (Å²) in [6.07, 6.45) is 2.51. The van der Waals surface area contributed by atoms with Gasteiger partial charge in [0.15, 0.2) is 0 Å². The normalized spacial score (nSPS) is 10.8. The molecule has 0 bridgehead atoms. The molecule has 2 rings (SSSR count). The molecule has 0 saturated carbocycles. The lowest BCUT2D eigenvalue weighted by Gasteiger charge is -2.06. The average Bonchev–Trinajstić information content (AvgIpc) is 2.89. The van der Waals surface area contributed by atoms with Gasteiger partial charge in [-0.05, 0) is 50.1 Å². The van der Waals surface area contributed by atoms with Gasteiger partial charge in [0.25, 0.3) is 0 Å². The van der Waals surface area contributed by atoms with Crippen LogP contribution in [0.25, 0.3) is 6.08 Å². The highest BCUT2D eigenvalue weighted by Crippen LogP contribution is 2.33. The number of carbonyl (C=O) groups excluding carboxylic acids is 2. The highest BCUT2D eigenvalue weighted by molar-refractivity contribution is 7.18. The zero-order valence-corrected chi connectivity index (χ0v) is 15.3. The van der Waals surface area contributed by atoms with Crippen molar-refractivity contribution in [3.05, 3.63) is 57.7 Å². The molecule has 1 N–H and O–H groups in total. The Labute approximate surface area is 154 Å². The summed E-state index contributed by atoms with van der Waals surface area (Å²) in [5, 5.41) is 12.2. The van der Waals surface area contributed by atoms with Crippen LogP contribution >= 0.6 is 11.3 Å². The fourth-order valence-corrected chi connectivity index (χ4v) is 3.14. The van der Waals surface area contributed by atoms with Crippen LogP contribution in [0.2, 0.25) is 0 Å². The predicted octanol–water partition coefficient (Wildman–Crippen LogP) is 4.28. The van der Waals surface area contributed by atoms with Gasteiger partial charge in [-0.1, -0.05) is 12.1 Å². The van der Waals surface area contributed by atoms with Crippen LogP contribution < -0.4 is 5.32 Å². The highest BCUT2D eigenvalue weighted by atomic mass is 32.1. The maximum absolute atomic E-state index is 12.9. The summed E-state index contributed by atoms with van der Waals surface area (Å²) in [7, 11) is 0. The molecule has 2 aromatic rings. The quantitative estimate of drug-likeness (QED) is 0.627. The fraction of sp³-hybridized carbons (Fsp3) is 0.211. The van der Waals surface area contributed by atoms with Gasteiger partial charge in [-0.25, -0.2) is 9.18 Å². The first kappa shape index (κ1) is 19.3. The molecular weight excluding hydrogens is 355 g/mol. The van der Waals surface area contributed by atoms with E-state index in [2.05, 4.69) is 5.32 Å². The Morgan fingerprint density at radius 3 is 2.54 bits per heavy atom. The molecule has 1 amide bonds. The number of rotatable bonds is 5. The van der Waals surface area contributed by atoms with Gasteiger partial charge in [-0.15, -0.1) is 11.3 Å². The van der Waals surface area contributed by atoms with Crippen molar-refractivity contribution in [2.75, 3.05) is 5.32 Å². The zero-order valence-electron chi connectivity index (χ0n) is 14.5. The molecule has 1 heterocycles. The van der Waals surface area contributed by atoms with Crippen LogP contribution in [0.5, 0.6) is 0 Å². The number of halogens is 1. The van der Waals surface area contributed by atoms with Crippen molar-refractivity contribution in [3.63, 3.8) is 0 Å². The lowest BCUT2D eigenvalue weighted by atomic mass is 10.1. The fourth-order valence-electron chi connectivity index (χ4n) is 2.10. The van der Waals surface area contributed by atoms with E-state index in [1.54, 1.807) is 20.8 Å². The molecule has 7 heteroatoms. The van der Waals surface area contributed by atoms with Crippen molar-refractivity contribution in [2.24, 2.45) is 0 Å². The van der Waals surface area contributed by atoms with Crippen LogP contribution in [0.4, 0.5) is 9.39 Å². The third-order valence-electron chi connectivity index (χ3n) is 3.32. The van der Waals surface area contributed by atoms with Crippen LogP contribution in [0.1, 0.15) is 40.2 Å². The van der Waals surface area contributed by atoms with E-state index in [1.165, 1.54) is 36.4 Å². The van der Waals surface area contributed by atoms with Crippen molar-refractivity contribution in [3.8, 4) is 6.07 Å². The summed E-state index contributed by atoms with van der Waals surface area (Å²) in [5.41, 5.74) is 1.36. The lowest BCUT2D eigenvalue weighted by Crippen LogP contribution is -2.11. The van der Waals surface area contributed by atoms with Crippen molar-refractivity contribution in [1.29, 1.82) is 5.26 Å². The van der Waals surface area contributed by atoms with Gasteiger partial charge < -0.3 is 10.1 Å². The van der Waals surface area contributed by atoms with Gasteiger partial charge >= 0.3 is 5.97 Å². The molecule has 26 heavy (non-hydrogen) atoms. The molecule has 0 spiro atoms. The van der Waals surface area contributed by atoms with E-state index in [0.29, 0.717) is 11.1 Å². The van der Waals surface area contributed by atoms with Gasteiger partial charge in [-0.2, -0.15) is 5.26 Å². The topological polar surface area (TPSA) is 79.2 Å². The smallest absolute Gasteiger partial charge is 0.348 e. The maximum atomic E-state index is 12.9. The first-order valence-electron chi connectivity index (χ1n) is 7.81. The van der Waals surface area contributed by atoms with Crippen molar-refractivity contribution >= 4 is 34.3 Å². The van der Waals surface area contributed by atoms with Gasteiger partial charge in [0.05, 0.1) is 11.7 Å². The Balaban J connectivity index is 2.18. The average molecular weight is 372 g/mol. The second kappa shape index (κ2) is 8.41. The number of nitrogens with one attached hydrogen (secondary N) is 1. The Morgan fingerprint density at radius 1 is 1.31 bits per heavy atom. The minimum atomic E-state index is -0.527. The van der Waals surface area contributed by atoms with Gasteiger partial charge in [0, 0.05) is 6.08 Å². The summed E-state index contributed by atoms with van der Waals surface area (Å²) in [6, 6.07) is 7.66. The van der Waals surface area contributed by atoms with Crippen LogP contribution in [-0.4, -0.2) is 18.0 Å². The van der Waals surface area contributed by atoms with E-state index in [0.717, 1.165) is 11.3 Å². The van der Waals surface area contributed by atoms with E-state index in [-0.39, 0.29) is 27.4 Å². The largest absolute Gasteiger partial charge is 0.459 e. The Kier molecular flexibility index (Phi) is 6.26. The monoisotopic (exact) mass is 372 g/mol. The molecule has 0 saturated heterocycles. The van der Waals surface area contributed by atoms with E-state index in [4.69, 9.17) is 4.74 Å². The molecule has 134 valence electrons. The number of hydrogen-bond donors (Lipinski definition) is 1. The molecule has 0 fully saturated rings. The van der Waals surface area contributed by atoms with Crippen LogP contribution in [-0.2, 0) is 9.53 Å². The molecule has 1 aromatic carbocycles. The molecular formula is C19H17FN2O3S. The van der Waals surface area contributed by atoms with Gasteiger partial charge in [-0.3, -0.25) is 4.79 Å². The lowest BCUT2D eigenvalue weighted by molar-refractivity contribution is -0.111. The predicted molar refractivity (Wildman–Crippen MR) is 98.4 cm³/mol. The summed E-state index contributed by atoms with van der Waals surface area (Å²) >= 11 is 1.00. The van der Waals surface area contributed by atoms with Crippen LogP contribution in [0.15, 0.2) is 30.3 Å². The number of benzene rings is 1. The van der Waals surface area contributed by atoms with E-state index < -0.39 is 11.9 Å². The standard InChI is InChI=1S/C19H17FN2O3S/c1-11(2)25-19(24)17-12(3)15(10-21)18(26-17)22-16(23)9-6-13-4-7-14(20)8-5-13/h4-9,11H,1-3H3,(H,22,23)/b9-6+. The molecule has 0 radical (unpaired) electrons. The summed E-state index contributed by atoms with van der Waals surface area (Å²) in [5.74, 6) is -1.35. The molecule has 0 aliphatic heterocycles. The number of anilines is 1. The summed E-state index contributed by atoms with van der Waals surface area (Å²) < 4.78 is 18.0. The molecule has 1 aromatic heterocycles. The van der Waals surface area contributed by atoms with Crippen molar-refractivity contribution in [2.45, 2.75) is 26.9 Å². The SMILES string of the molecule is Cc1c(C(=O)OC(C)C)sc(NC(=O)/C=C/c2ccc(F)cc2)c1C#N. The first-order valence-corrected chi connectivity index (χ1v) is 8.62. The number of hydrogen-bond acceptors (Lipinski definition) is 5. The molecule has 0 atom stereocenters. The summed E-state index contributed by atoms with van der Waals surface area (Å²) in [4.78, 5) is 24.5. The second-order valence-corrected chi connectivity index (χ2v) is 6.72. The first-order chi connectivity index (χ1) is 12.3. The minimum Gasteiger partial charge on any atom is -0.459 e. The number of nitriles is 1. The molecule has 5 nitrogen and oxygen atoms in total. The number of carbonyl (C=O) groups is 2. The Bertz CT molecular complexity index is 893. The Hall–Kier alpha value is -2.98. The zero-order chi connectivity index (χ0) is 19.3. The number of thiophene rings is 1. The molecule has 0 aliphatic carbocycles. The molecule has 0 aliphatic rings. The minimum absolute atomic E-state index is 0.231. The number of esters is 1. The maximum Gasteiger partial charge on any atom is 0.348 e. The number of nitrogens with zero attached hydrogens (tertiary/aromatic N) is 1. The van der Waals surface area contributed by atoms with E-state index >= 15 is 0 Å². The van der Waals surface area contributed by atoms with Crippen LogP contribution in [0, 0.1) is 24.1 Å². The van der Waals surface area contributed by atoms with Crippen LogP contribution in [0.3, 0.4) is 0 Å². The van der Waals surface area contributed by atoms with Crippen molar-refractivity contribution in [1.82, 2.24) is 0 Å². The summed E-state index contributed by atoms with van der Waals surface area (Å²) in [6.45, 7) is 5.10.